The Morgan fingerprint density at radius 3 is 2.59 bits per heavy atom. The molecule has 0 spiro atoms. The summed E-state index contributed by atoms with van der Waals surface area (Å²) in [4.78, 5) is 14.3. The largest absolute Gasteiger partial charge is 0.336 e. The second kappa shape index (κ2) is 8.45. The highest BCUT2D eigenvalue weighted by atomic mass is 32.1. The third-order valence-electron chi connectivity index (χ3n) is 3.47. The first-order valence-corrected chi connectivity index (χ1v) is 8.22. The molecule has 0 saturated carbocycles. The van der Waals surface area contributed by atoms with E-state index in [1.54, 1.807) is 5.51 Å². The van der Waals surface area contributed by atoms with Crippen LogP contribution in [0.15, 0.2) is 35.8 Å². The molecule has 0 aliphatic carbocycles. The zero-order valence-corrected chi connectivity index (χ0v) is 13.6. The van der Waals surface area contributed by atoms with E-state index in [0.717, 1.165) is 13.1 Å². The van der Waals surface area contributed by atoms with Gasteiger partial charge in [-0.25, -0.2) is 4.79 Å². The number of carbonyl (C=O) groups excluding carboxylic acids is 1. The number of urea groups is 1. The zero-order chi connectivity index (χ0) is 15.8. The molecule has 0 radical (unpaired) electrons. The number of nitrogens with one attached hydrogen (secondary N) is 2. The number of nitrogens with zero attached hydrogens (tertiary/aromatic N) is 3. The maximum absolute atomic E-state index is 11.9. The number of likely N-dealkylation sites (N-methyl/N-ethyl adjacent to an activating group) is 1. The number of hydrogen-bond donors (Lipinski definition) is 2. The van der Waals surface area contributed by atoms with Gasteiger partial charge in [-0.2, -0.15) is 0 Å². The minimum absolute atomic E-state index is 0.149. The predicted octanol–water partition coefficient (Wildman–Crippen LogP) is 2.74. The molecule has 2 rings (SSSR count). The van der Waals surface area contributed by atoms with Gasteiger partial charge in [0.1, 0.15) is 5.51 Å². The molecule has 7 heteroatoms. The van der Waals surface area contributed by atoms with E-state index in [2.05, 4.69) is 51.7 Å². The Morgan fingerprint density at radius 1 is 1.27 bits per heavy atom. The van der Waals surface area contributed by atoms with Crippen molar-refractivity contribution in [2.75, 3.05) is 25.0 Å². The standard InChI is InChI=1S/C15H21N5OS/c1-3-20(4-2)13(12-8-6-5-7-9-12)10-16-14(21)18-15-19-17-11-22-15/h5-9,11,13H,3-4,10H2,1-2H3,(H2,16,18,19,21)/t13-/m1/s1. The number of aromatic nitrogens is 2. The summed E-state index contributed by atoms with van der Waals surface area (Å²) >= 11 is 1.29. The molecule has 1 heterocycles. The van der Waals surface area contributed by atoms with Gasteiger partial charge < -0.3 is 5.32 Å². The van der Waals surface area contributed by atoms with Crippen LogP contribution in [-0.2, 0) is 0 Å². The van der Waals surface area contributed by atoms with Crippen molar-refractivity contribution in [1.82, 2.24) is 20.4 Å². The summed E-state index contributed by atoms with van der Waals surface area (Å²) in [5, 5.41) is 13.6. The molecule has 6 nitrogen and oxygen atoms in total. The Bertz CT molecular complexity index is 557. The minimum Gasteiger partial charge on any atom is -0.336 e. The maximum Gasteiger partial charge on any atom is 0.321 e. The van der Waals surface area contributed by atoms with E-state index >= 15 is 0 Å². The molecule has 0 saturated heterocycles. The summed E-state index contributed by atoms with van der Waals surface area (Å²) in [6, 6.07) is 10.1. The predicted molar refractivity (Wildman–Crippen MR) is 89.0 cm³/mol. The van der Waals surface area contributed by atoms with Gasteiger partial charge in [-0.3, -0.25) is 10.2 Å². The summed E-state index contributed by atoms with van der Waals surface area (Å²) in [5.41, 5.74) is 2.78. The van der Waals surface area contributed by atoms with Gasteiger partial charge in [0.05, 0.1) is 6.04 Å². The second-order valence-electron chi connectivity index (χ2n) is 4.73. The first-order valence-electron chi connectivity index (χ1n) is 7.34. The fourth-order valence-corrected chi connectivity index (χ4v) is 2.80. The zero-order valence-electron chi connectivity index (χ0n) is 12.8. The molecule has 118 valence electrons. The summed E-state index contributed by atoms with van der Waals surface area (Å²) < 4.78 is 0. The van der Waals surface area contributed by atoms with E-state index in [9.17, 15) is 4.79 Å². The first-order chi connectivity index (χ1) is 10.7. The summed E-state index contributed by atoms with van der Waals surface area (Å²) in [5.74, 6) is 0. The van der Waals surface area contributed by atoms with Crippen molar-refractivity contribution in [3.8, 4) is 0 Å². The third kappa shape index (κ3) is 4.51. The smallest absolute Gasteiger partial charge is 0.321 e. The van der Waals surface area contributed by atoms with E-state index in [4.69, 9.17) is 0 Å². The lowest BCUT2D eigenvalue weighted by Gasteiger charge is -2.30. The van der Waals surface area contributed by atoms with Crippen LogP contribution in [0.25, 0.3) is 0 Å². The SMILES string of the molecule is CCN(CC)[C@H](CNC(=O)Nc1nncs1)c1ccccc1. The highest BCUT2D eigenvalue weighted by molar-refractivity contribution is 7.13. The van der Waals surface area contributed by atoms with Crippen LogP contribution in [0.3, 0.4) is 0 Å². The number of amides is 2. The van der Waals surface area contributed by atoms with Crippen LogP contribution in [0.1, 0.15) is 25.5 Å². The molecular weight excluding hydrogens is 298 g/mol. The Kier molecular flexibility index (Phi) is 6.29. The number of rotatable bonds is 7. The quantitative estimate of drug-likeness (QED) is 0.823. The molecule has 1 aromatic carbocycles. The van der Waals surface area contributed by atoms with E-state index in [-0.39, 0.29) is 12.1 Å². The van der Waals surface area contributed by atoms with Crippen molar-refractivity contribution in [2.45, 2.75) is 19.9 Å². The van der Waals surface area contributed by atoms with Gasteiger partial charge in [-0.05, 0) is 18.7 Å². The van der Waals surface area contributed by atoms with Crippen LogP contribution in [0.5, 0.6) is 0 Å². The Labute approximate surface area is 134 Å². The van der Waals surface area contributed by atoms with E-state index in [0.29, 0.717) is 11.7 Å². The van der Waals surface area contributed by atoms with Crippen LogP contribution in [0.2, 0.25) is 0 Å². The Morgan fingerprint density at radius 2 is 2.00 bits per heavy atom. The van der Waals surface area contributed by atoms with Crippen molar-refractivity contribution in [3.05, 3.63) is 41.4 Å². The van der Waals surface area contributed by atoms with Gasteiger partial charge in [0, 0.05) is 6.54 Å². The number of hydrogen-bond acceptors (Lipinski definition) is 5. The molecule has 1 aromatic heterocycles. The van der Waals surface area contributed by atoms with Crippen LogP contribution >= 0.6 is 11.3 Å². The maximum atomic E-state index is 11.9. The molecule has 22 heavy (non-hydrogen) atoms. The fourth-order valence-electron chi connectivity index (χ4n) is 2.36. The molecule has 2 amide bonds. The van der Waals surface area contributed by atoms with Gasteiger partial charge in [-0.1, -0.05) is 55.5 Å². The monoisotopic (exact) mass is 319 g/mol. The summed E-state index contributed by atoms with van der Waals surface area (Å²) in [6.45, 7) is 6.64. The van der Waals surface area contributed by atoms with Crippen LogP contribution in [0, 0.1) is 0 Å². The topological polar surface area (TPSA) is 70.2 Å². The van der Waals surface area contributed by atoms with Crippen LogP contribution < -0.4 is 10.6 Å². The number of anilines is 1. The number of carbonyl (C=O) groups is 1. The molecular formula is C15H21N5OS. The minimum atomic E-state index is -0.259. The van der Waals surface area contributed by atoms with Crippen molar-refractivity contribution in [3.63, 3.8) is 0 Å². The molecule has 0 unspecified atom stereocenters. The molecule has 0 aliphatic heterocycles. The van der Waals surface area contributed by atoms with Crippen LogP contribution in [-0.4, -0.2) is 40.8 Å². The molecule has 1 atom stereocenters. The lowest BCUT2D eigenvalue weighted by atomic mass is 10.1. The Hall–Kier alpha value is -1.99. The van der Waals surface area contributed by atoms with Crippen molar-refractivity contribution >= 4 is 22.5 Å². The molecule has 0 aliphatic rings. The third-order valence-corrected chi connectivity index (χ3v) is 4.08. The summed E-state index contributed by atoms with van der Waals surface area (Å²) in [6.07, 6.45) is 0. The second-order valence-corrected chi connectivity index (χ2v) is 5.56. The van der Waals surface area contributed by atoms with Crippen molar-refractivity contribution in [1.29, 1.82) is 0 Å². The van der Waals surface area contributed by atoms with Gasteiger partial charge in [0.25, 0.3) is 0 Å². The van der Waals surface area contributed by atoms with E-state index < -0.39 is 0 Å². The van der Waals surface area contributed by atoms with E-state index in [1.807, 2.05) is 18.2 Å². The molecule has 2 N–H and O–H groups in total. The number of benzene rings is 1. The average Bonchev–Trinajstić information content (AvgIpc) is 3.05. The van der Waals surface area contributed by atoms with Gasteiger partial charge >= 0.3 is 6.03 Å². The van der Waals surface area contributed by atoms with Crippen molar-refractivity contribution in [2.24, 2.45) is 0 Å². The van der Waals surface area contributed by atoms with Gasteiger partial charge in [-0.15, -0.1) is 10.2 Å². The first kappa shape index (κ1) is 16.4. The highest BCUT2D eigenvalue weighted by Gasteiger charge is 2.18. The fraction of sp³-hybridized carbons (Fsp3) is 0.400. The lowest BCUT2D eigenvalue weighted by Crippen LogP contribution is -2.39. The lowest BCUT2D eigenvalue weighted by molar-refractivity contribution is 0.210. The van der Waals surface area contributed by atoms with E-state index in [1.165, 1.54) is 16.9 Å². The molecule has 2 aromatic rings. The summed E-state index contributed by atoms with van der Waals surface area (Å²) in [7, 11) is 0. The van der Waals surface area contributed by atoms with Crippen molar-refractivity contribution < 1.29 is 4.79 Å². The molecule has 0 fully saturated rings. The Balaban J connectivity index is 1.99. The van der Waals surface area contributed by atoms with Gasteiger partial charge in [0.15, 0.2) is 0 Å². The molecule has 0 bridgehead atoms. The normalized spacial score (nSPS) is 12.1. The van der Waals surface area contributed by atoms with Crippen LogP contribution in [0.4, 0.5) is 9.93 Å². The van der Waals surface area contributed by atoms with Gasteiger partial charge in [0.2, 0.25) is 5.13 Å². The highest BCUT2D eigenvalue weighted by Crippen LogP contribution is 2.19. The average molecular weight is 319 g/mol.